The summed E-state index contributed by atoms with van der Waals surface area (Å²) in [6.45, 7) is 4.20. The monoisotopic (exact) mass is 539 g/mol. The van der Waals surface area contributed by atoms with E-state index in [9.17, 15) is 9.59 Å². The first-order valence-corrected chi connectivity index (χ1v) is 14.5. The van der Waals surface area contributed by atoms with E-state index in [1.165, 1.54) is 28.7 Å². The lowest BCUT2D eigenvalue weighted by atomic mass is 10.0. The van der Waals surface area contributed by atoms with Crippen LogP contribution in [-0.2, 0) is 11.2 Å². The number of hydrogen-bond acceptors (Lipinski definition) is 5. The van der Waals surface area contributed by atoms with Crippen molar-refractivity contribution >= 4 is 44.9 Å². The van der Waals surface area contributed by atoms with Crippen LogP contribution >= 0.6 is 23.1 Å². The van der Waals surface area contributed by atoms with Gasteiger partial charge in [0.2, 0.25) is 5.91 Å². The highest BCUT2D eigenvalue weighted by Crippen LogP contribution is 2.37. The Hall–Kier alpha value is -3.68. The van der Waals surface area contributed by atoms with Crippen LogP contribution in [0.25, 0.3) is 27.0 Å². The Labute approximate surface area is 230 Å². The molecule has 0 radical (unpaired) electrons. The number of benzene rings is 3. The zero-order chi connectivity index (χ0) is 26.5. The molecule has 0 saturated carbocycles. The molecule has 0 fully saturated rings. The van der Waals surface area contributed by atoms with Crippen LogP contribution in [0.2, 0.25) is 0 Å². The maximum Gasteiger partial charge on any atom is 0.268 e. The third kappa shape index (κ3) is 5.59. The average molecular weight is 540 g/mol. The molecule has 5 rings (SSSR count). The molecule has 3 aromatic carbocycles. The molecular weight excluding hydrogens is 510 g/mol. The molecule has 0 aliphatic carbocycles. The number of hydrogen-bond donors (Lipinski definition) is 1. The molecule has 1 amide bonds. The summed E-state index contributed by atoms with van der Waals surface area (Å²) in [7, 11) is 0. The van der Waals surface area contributed by atoms with Crippen LogP contribution in [0.5, 0.6) is 0 Å². The third-order valence-corrected chi connectivity index (χ3v) is 8.27. The van der Waals surface area contributed by atoms with Crippen LogP contribution < -0.4 is 10.9 Å². The summed E-state index contributed by atoms with van der Waals surface area (Å²) in [4.78, 5) is 33.5. The van der Waals surface area contributed by atoms with Gasteiger partial charge >= 0.3 is 0 Å². The highest BCUT2D eigenvalue weighted by atomic mass is 32.2. The van der Waals surface area contributed by atoms with Crippen molar-refractivity contribution in [2.75, 3.05) is 11.1 Å². The summed E-state index contributed by atoms with van der Waals surface area (Å²) in [5, 5.41) is 4.08. The number of aryl methyl sites for hydroxylation is 2. The van der Waals surface area contributed by atoms with E-state index in [0.717, 1.165) is 46.6 Å². The predicted octanol–water partition coefficient (Wildman–Crippen LogP) is 7.50. The Bertz CT molecular complexity index is 1610. The fraction of sp³-hybridized carbons (Fsp3) is 0.194. The first-order valence-electron chi connectivity index (χ1n) is 12.7. The standard InChI is InChI=1S/C31H29N3O2S2/c1-3-4-11-22-16-18-24(19-17-22)32-26(35)20-37-31-33-29-28(30(36)34(31)25-14-9-6-10-15-25)27(21(2)38-29)23-12-7-5-8-13-23/h5-10,12-19H,3-4,11,20H2,1-2H3,(H,32,35). The first-order chi connectivity index (χ1) is 18.5. The largest absolute Gasteiger partial charge is 0.325 e. The van der Waals surface area contributed by atoms with Crippen LogP contribution in [-0.4, -0.2) is 21.2 Å². The number of aromatic nitrogens is 2. The second-order valence-corrected chi connectivity index (χ2v) is 11.2. The molecule has 0 aliphatic rings. The summed E-state index contributed by atoms with van der Waals surface area (Å²) >= 11 is 2.78. The third-order valence-electron chi connectivity index (χ3n) is 6.34. The molecule has 0 unspecified atom stereocenters. The van der Waals surface area contributed by atoms with E-state index in [-0.39, 0.29) is 17.2 Å². The molecule has 0 spiro atoms. The minimum absolute atomic E-state index is 0.130. The quantitative estimate of drug-likeness (QED) is 0.156. The topological polar surface area (TPSA) is 64.0 Å². The number of carbonyl (C=O) groups is 1. The highest BCUT2D eigenvalue weighted by molar-refractivity contribution is 7.99. The van der Waals surface area contributed by atoms with Gasteiger partial charge in [0, 0.05) is 16.1 Å². The van der Waals surface area contributed by atoms with Crippen molar-refractivity contribution in [1.82, 2.24) is 9.55 Å². The predicted molar refractivity (Wildman–Crippen MR) is 160 cm³/mol. The van der Waals surface area contributed by atoms with Gasteiger partial charge in [-0.1, -0.05) is 85.8 Å². The second kappa shape index (κ2) is 11.8. The number of unbranched alkanes of at least 4 members (excludes halogenated alkanes) is 1. The second-order valence-electron chi connectivity index (χ2n) is 9.09. The average Bonchev–Trinajstić information content (AvgIpc) is 3.28. The molecule has 1 N–H and O–H groups in total. The molecule has 0 aliphatic heterocycles. The Kier molecular flexibility index (Phi) is 8.05. The Morgan fingerprint density at radius 3 is 2.34 bits per heavy atom. The van der Waals surface area contributed by atoms with Crippen molar-refractivity contribution in [3.8, 4) is 16.8 Å². The van der Waals surface area contributed by atoms with E-state index in [1.54, 1.807) is 4.57 Å². The van der Waals surface area contributed by atoms with E-state index in [0.29, 0.717) is 15.4 Å². The SMILES string of the molecule is CCCCc1ccc(NC(=O)CSc2nc3sc(C)c(-c4ccccc4)c3c(=O)n2-c2ccccc2)cc1. The number of thiophene rings is 1. The maximum absolute atomic E-state index is 14.0. The molecule has 192 valence electrons. The summed E-state index contributed by atoms with van der Waals surface area (Å²) in [6, 6.07) is 27.4. The Balaban J connectivity index is 1.46. The Morgan fingerprint density at radius 2 is 1.66 bits per heavy atom. The van der Waals surface area contributed by atoms with Crippen LogP contribution in [0.4, 0.5) is 5.69 Å². The van der Waals surface area contributed by atoms with E-state index in [1.807, 2.05) is 79.7 Å². The van der Waals surface area contributed by atoms with E-state index in [4.69, 9.17) is 4.98 Å². The normalized spacial score (nSPS) is 11.1. The lowest BCUT2D eigenvalue weighted by molar-refractivity contribution is -0.113. The number of rotatable bonds is 9. The number of nitrogens with one attached hydrogen (secondary N) is 1. The van der Waals surface area contributed by atoms with Gasteiger partial charge in [-0.05, 0) is 55.2 Å². The number of nitrogens with zero attached hydrogens (tertiary/aromatic N) is 2. The number of fused-ring (bicyclic) bond motifs is 1. The summed E-state index contributed by atoms with van der Waals surface area (Å²) in [5.74, 6) is -0.00394. The molecular formula is C31H29N3O2S2. The van der Waals surface area contributed by atoms with Crippen molar-refractivity contribution in [3.63, 3.8) is 0 Å². The van der Waals surface area contributed by atoms with Crippen LogP contribution in [0.3, 0.4) is 0 Å². The van der Waals surface area contributed by atoms with E-state index < -0.39 is 0 Å². The zero-order valence-corrected chi connectivity index (χ0v) is 23.1. The first kappa shape index (κ1) is 25.9. The molecule has 0 saturated heterocycles. The lowest BCUT2D eigenvalue weighted by Gasteiger charge is -2.13. The highest BCUT2D eigenvalue weighted by Gasteiger charge is 2.21. The van der Waals surface area contributed by atoms with E-state index >= 15 is 0 Å². The minimum Gasteiger partial charge on any atom is -0.325 e. The lowest BCUT2D eigenvalue weighted by Crippen LogP contribution is -2.22. The molecule has 0 bridgehead atoms. The van der Waals surface area contributed by atoms with Gasteiger partial charge in [-0.2, -0.15) is 0 Å². The molecule has 2 heterocycles. The molecule has 5 aromatic rings. The van der Waals surface area contributed by atoms with Gasteiger partial charge in [-0.3, -0.25) is 14.2 Å². The van der Waals surface area contributed by atoms with Crippen molar-refractivity contribution in [2.45, 2.75) is 38.3 Å². The summed E-state index contributed by atoms with van der Waals surface area (Å²) in [6.07, 6.45) is 3.35. The molecule has 5 nitrogen and oxygen atoms in total. The number of para-hydroxylation sites is 1. The summed E-state index contributed by atoms with van der Waals surface area (Å²) in [5.41, 5.74) is 4.54. The number of thioether (sulfide) groups is 1. The van der Waals surface area contributed by atoms with Gasteiger partial charge in [0.25, 0.3) is 5.56 Å². The van der Waals surface area contributed by atoms with Crippen molar-refractivity contribution in [1.29, 1.82) is 0 Å². The van der Waals surface area contributed by atoms with Gasteiger partial charge in [0.1, 0.15) is 4.83 Å². The fourth-order valence-corrected chi connectivity index (χ4v) is 6.36. The van der Waals surface area contributed by atoms with Gasteiger partial charge in [-0.25, -0.2) is 4.98 Å². The Morgan fingerprint density at radius 1 is 0.974 bits per heavy atom. The van der Waals surface area contributed by atoms with Crippen molar-refractivity contribution in [3.05, 3.63) is 106 Å². The van der Waals surface area contributed by atoms with Crippen molar-refractivity contribution in [2.24, 2.45) is 0 Å². The van der Waals surface area contributed by atoms with Gasteiger partial charge in [-0.15, -0.1) is 11.3 Å². The number of carbonyl (C=O) groups excluding carboxylic acids is 1. The molecule has 2 aromatic heterocycles. The van der Waals surface area contributed by atoms with Crippen LogP contribution in [0, 0.1) is 6.92 Å². The minimum atomic E-state index is -0.141. The van der Waals surface area contributed by atoms with Crippen molar-refractivity contribution < 1.29 is 4.79 Å². The van der Waals surface area contributed by atoms with Gasteiger partial charge < -0.3 is 5.32 Å². The number of amides is 1. The van der Waals surface area contributed by atoms with Gasteiger partial charge in [0.15, 0.2) is 5.16 Å². The van der Waals surface area contributed by atoms with Crippen LogP contribution in [0.1, 0.15) is 30.2 Å². The molecule has 0 atom stereocenters. The van der Waals surface area contributed by atoms with Gasteiger partial charge in [0.05, 0.1) is 16.8 Å². The summed E-state index contributed by atoms with van der Waals surface area (Å²) < 4.78 is 1.63. The number of anilines is 1. The molecule has 7 heteroatoms. The zero-order valence-electron chi connectivity index (χ0n) is 21.4. The molecule has 38 heavy (non-hydrogen) atoms. The van der Waals surface area contributed by atoms with Crippen LogP contribution in [0.15, 0.2) is 94.9 Å². The maximum atomic E-state index is 14.0. The van der Waals surface area contributed by atoms with E-state index in [2.05, 4.69) is 24.4 Å². The smallest absolute Gasteiger partial charge is 0.268 e. The fourth-order valence-electron chi connectivity index (χ4n) is 4.46.